The molecule has 1 N–H and O–H groups in total. The summed E-state index contributed by atoms with van der Waals surface area (Å²) in [6.07, 6.45) is 0.288. The Bertz CT molecular complexity index is 920. The molecule has 2 aromatic rings. The summed E-state index contributed by atoms with van der Waals surface area (Å²) in [5.41, 5.74) is 2.71. The Kier molecular flexibility index (Phi) is 7.32. The van der Waals surface area contributed by atoms with Crippen LogP contribution in [0.25, 0.3) is 0 Å². The van der Waals surface area contributed by atoms with Crippen molar-refractivity contribution < 1.29 is 19.2 Å². The number of rotatable bonds is 8. The van der Waals surface area contributed by atoms with Crippen molar-refractivity contribution in [3.63, 3.8) is 0 Å². The first-order valence-corrected chi connectivity index (χ1v) is 9.78. The lowest BCUT2D eigenvalue weighted by atomic mass is 10.00. The van der Waals surface area contributed by atoms with Gasteiger partial charge < -0.3 is 10.1 Å². The van der Waals surface area contributed by atoms with E-state index in [1.807, 2.05) is 34.6 Å². The normalized spacial score (nSPS) is 11.1. The Morgan fingerprint density at radius 3 is 2.10 bits per heavy atom. The molecule has 2 rings (SSSR count). The van der Waals surface area contributed by atoms with Gasteiger partial charge in [0.15, 0.2) is 5.78 Å². The average Bonchev–Trinajstić information content (AvgIpc) is 2.64. The van der Waals surface area contributed by atoms with Crippen molar-refractivity contribution in [2.45, 2.75) is 59.6 Å². The first-order valence-electron chi connectivity index (χ1n) is 9.78. The fourth-order valence-electron chi connectivity index (χ4n) is 3.06. The van der Waals surface area contributed by atoms with Crippen LogP contribution < -0.4 is 10.1 Å². The van der Waals surface area contributed by atoms with Gasteiger partial charge in [0.25, 0.3) is 5.69 Å². The summed E-state index contributed by atoms with van der Waals surface area (Å²) in [6, 6.07) is 9.73. The molecule has 0 heterocycles. The number of Topliss-reactive ketones (excluding diaryl/α,β-unsaturated/α-hetero) is 1. The van der Waals surface area contributed by atoms with E-state index in [1.165, 1.54) is 12.1 Å². The van der Waals surface area contributed by atoms with Gasteiger partial charge in [-0.3, -0.25) is 19.7 Å². The highest BCUT2D eigenvalue weighted by atomic mass is 16.6. The van der Waals surface area contributed by atoms with Crippen molar-refractivity contribution in [2.75, 3.05) is 0 Å². The summed E-state index contributed by atoms with van der Waals surface area (Å²) in [5, 5.41) is 13.6. The van der Waals surface area contributed by atoms with E-state index >= 15 is 0 Å². The van der Waals surface area contributed by atoms with Crippen LogP contribution in [0, 0.1) is 24.0 Å². The molecule has 7 nitrogen and oxygen atoms in total. The molecule has 0 aliphatic carbocycles. The zero-order valence-corrected chi connectivity index (χ0v) is 18.1. The molecule has 160 valence electrons. The Morgan fingerprint density at radius 2 is 1.60 bits per heavy atom. The van der Waals surface area contributed by atoms with Crippen LogP contribution in [-0.2, 0) is 11.4 Å². The number of carbonyl (C=O) groups is 2. The highest BCUT2D eigenvalue weighted by molar-refractivity contribution is 5.98. The van der Waals surface area contributed by atoms with E-state index in [0.29, 0.717) is 11.3 Å². The molecule has 0 spiro atoms. The number of nitrogens with one attached hydrogen (secondary N) is 1. The molecule has 0 aliphatic rings. The summed E-state index contributed by atoms with van der Waals surface area (Å²) in [7, 11) is 0. The fraction of sp³-hybridized carbons (Fsp3) is 0.391. The third-order valence-corrected chi connectivity index (χ3v) is 4.41. The molecule has 0 unspecified atom stereocenters. The number of amides is 1. The molecular weight excluding hydrogens is 384 g/mol. The summed E-state index contributed by atoms with van der Waals surface area (Å²) in [5.74, 6) is 0.440. The van der Waals surface area contributed by atoms with Gasteiger partial charge in [-0.1, -0.05) is 0 Å². The zero-order valence-electron chi connectivity index (χ0n) is 18.1. The number of ketones is 1. The molecular formula is C23H28N2O5. The smallest absolute Gasteiger partial charge is 0.269 e. The minimum atomic E-state index is -0.443. The quantitative estimate of drug-likeness (QED) is 0.386. The van der Waals surface area contributed by atoms with Crippen LogP contribution in [0.2, 0.25) is 0 Å². The number of benzene rings is 2. The molecule has 7 heteroatoms. The molecule has 0 aromatic heterocycles. The Labute approximate surface area is 176 Å². The third kappa shape index (κ3) is 6.69. The summed E-state index contributed by atoms with van der Waals surface area (Å²) < 4.78 is 5.90. The lowest BCUT2D eigenvalue weighted by Gasteiger charge is -2.20. The lowest BCUT2D eigenvalue weighted by molar-refractivity contribution is -0.384. The van der Waals surface area contributed by atoms with Crippen LogP contribution in [0.15, 0.2) is 36.4 Å². The Morgan fingerprint density at radius 1 is 1.03 bits per heavy atom. The maximum atomic E-state index is 12.5. The second-order valence-electron chi connectivity index (χ2n) is 8.37. The van der Waals surface area contributed by atoms with Crippen LogP contribution in [0.1, 0.15) is 60.7 Å². The predicted octanol–water partition coefficient (Wildman–Crippen LogP) is 4.67. The molecule has 2 aromatic carbocycles. The van der Waals surface area contributed by atoms with Crippen LogP contribution in [0.5, 0.6) is 5.75 Å². The molecule has 30 heavy (non-hydrogen) atoms. The van der Waals surface area contributed by atoms with Gasteiger partial charge in [0, 0.05) is 36.1 Å². The monoisotopic (exact) mass is 412 g/mol. The molecule has 0 bridgehead atoms. The van der Waals surface area contributed by atoms with Crippen molar-refractivity contribution in [3.8, 4) is 5.75 Å². The number of nitrogens with zero attached hydrogens (tertiary/aromatic N) is 1. The van der Waals surface area contributed by atoms with E-state index in [1.54, 1.807) is 24.3 Å². The largest absolute Gasteiger partial charge is 0.488 e. The maximum absolute atomic E-state index is 12.5. The van der Waals surface area contributed by atoms with Gasteiger partial charge in [0.2, 0.25) is 5.91 Å². The fourth-order valence-corrected chi connectivity index (χ4v) is 3.06. The van der Waals surface area contributed by atoms with Crippen molar-refractivity contribution in [1.29, 1.82) is 0 Å². The number of ether oxygens (including phenoxy) is 1. The second-order valence-corrected chi connectivity index (χ2v) is 8.37. The van der Waals surface area contributed by atoms with Crippen LogP contribution in [0.3, 0.4) is 0 Å². The van der Waals surface area contributed by atoms with Gasteiger partial charge >= 0.3 is 0 Å². The summed E-state index contributed by atoms with van der Waals surface area (Å²) in [4.78, 5) is 34.8. The average molecular weight is 412 g/mol. The van der Waals surface area contributed by atoms with Crippen LogP contribution in [0.4, 0.5) is 5.69 Å². The highest BCUT2D eigenvalue weighted by Gasteiger charge is 2.17. The van der Waals surface area contributed by atoms with E-state index in [-0.39, 0.29) is 42.4 Å². The van der Waals surface area contributed by atoms with Gasteiger partial charge in [0.1, 0.15) is 12.4 Å². The number of carbonyl (C=O) groups excluding carboxylic acids is 2. The van der Waals surface area contributed by atoms with Gasteiger partial charge in [-0.15, -0.1) is 0 Å². The second kappa shape index (κ2) is 9.52. The van der Waals surface area contributed by atoms with Gasteiger partial charge in [-0.2, -0.15) is 0 Å². The Balaban J connectivity index is 2.01. The number of hydrogen-bond donors (Lipinski definition) is 1. The van der Waals surface area contributed by atoms with Gasteiger partial charge in [0.05, 0.1) is 4.92 Å². The van der Waals surface area contributed by atoms with Crippen LogP contribution >= 0.6 is 0 Å². The first-order chi connectivity index (χ1) is 14.0. The van der Waals surface area contributed by atoms with Crippen molar-refractivity contribution >= 4 is 17.4 Å². The molecule has 0 saturated heterocycles. The van der Waals surface area contributed by atoms with Crippen molar-refractivity contribution in [3.05, 3.63) is 68.8 Å². The number of aryl methyl sites for hydroxylation is 2. The third-order valence-electron chi connectivity index (χ3n) is 4.41. The highest BCUT2D eigenvalue weighted by Crippen LogP contribution is 2.27. The predicted molar refractivity (Wildman–Crippen MR) is 115 cm³/mol. The topological polar surface area (TPSA) is 98.5 Å². The summed E-state index contributed by atoms with van der Waals surface area (Å²) >= 11 is 0. The number of non-ortho nitro benzene ring substituents is 1. The molecule has 0 fully saturated rings. The Hall–Kier alpha value is -3.22. The molecule has 0 saturated carbocycles. The van der Waals surface area contributed by atoms with E-state index in [0.717, 1.165) is 16.7 Å². The van der Waals surface area contributed by atoms with Gasteiger partial charge in [-0.05, 0) is 75.6 Å². The SMILES string of the molecule is Cc1cc(C(=O)CCC(=O)NC(C)(C)C)cc(C)c1OCc1ccc([N+](=O)[O-])cc1. The summed E-state index contributed by atoms with van der Waals surface area (Å²) in [6.45, 7) is 9.68. The van der Waals surface area contributed by atoms with E-state index < -0.39 is 4.92 Å². The van der Waals surface area contributed by atoms with Crippen molar-refractivity contribution in [1.82, 2.24) is 5.32 Å². The standard InChI is InChI=1S/C23H28N2O5/c1-15-12-18(20(26)10-11-21(27)24-23(3,4)5)13-16(2)22(15)30-14-17-6-8-19(9-7-17)25(28)29/h6-9,12-13H,10-11,14H2,1-5H3,(H,24,27). The number of nitro benzene ring substituents is 1. The molecule has 0 aliphatic heterocycles. The van der Waals surface area contributed by atoms with E-state index in [9.17, 15) is 19.7 Å². The van der Waals surface area contributed by atoms with Crippen LogP contribution in [-0.4, -0.2) is 22.2 Å². The lowest BCUT2D eigenvalue weighted by Crippen LogP contribution is -2.40. The number of hydrogen-bond acceptors (Lipinski definition) is 5. The maximum Gasteiger partial charge on any atom is 0.269 e. The van der Waals surface area contributed by atoms with Gasteiger partial charge in [-0.25, -0.2) is 0 Å². The van der Waals surface area contributed by atoms with Crippen molar-refractivity contribution in [2.24, 2.45) is 0 Å². The van der Waals surface area contributed by atoms with E-state index in [2.05, 4.69) is 5.32 Å². The molecule has 0 radical (unpaired) electrons. The minimum Gasteiger partial charge on any atom is -0.488 e. The first kappa shape index (κ1) is 23.1. The minimum absolute atomic E-state index is 0.0326. The van der Waals surface area contributed by atoms with E-state index in [4.69, 9.17) is 4.74 Å². The zero-order chi connectivity index (χ0) is 22.5. The number of nitro groups is 1. The molecule has 0 atom stereocenters. The molecule has 1 amide bonds.